The van der Waals surface area contributed by atoms with Gasteiger partial charge in [0.2, 0.25) is 0 Å². The van der Waals surface area contributed by atoms with Gasteiger partial charge in [0.25, 0.3) is 0 Å². The number of nitrogens with zero attached hydrogens (tertiary/aromatic N) is 1. The number of rotatable bonds is 0. The van der Waals surface area contributed by atoms with Crippen LogP contribution < -0.4 is 0 Å². The van der Waals surface area contributed by atoms with Crippen molar-refractivity contribution in [3.8, 4) is 0 Å². The van der Waals surface area contributed by atoms with E-state index >= 15 is 0 Å². The van der Waals surface area contributed by atoms with Crippen molar-refractivity contribution in [2.45, 2.75) is 27.7 Å². The number of allylic oxidation sites excluding steroid dienone is 4. The summed E-state index contributed by atoms with van der Waals surface area (Å²) in [6, 6.07) is 0. The van der Waals surface area contributed by atoms with Gasteiger partial charge in [-0.05, 0) is 26.8 Å². The molecule has 0 aliphatic carbocycles. The molecule has 11 heavy (non-hydrogen) atoms. The SMILES string of the molecule is CC1=CC=C(C)C(C)C(C)=N1. The standard InChI is InChI=1S/C10H15N/c1-7-5-6-8(2)11-10(4)9(7)3/h5-6,9H,1-4H3. The fourth-order valence-corrected chi connectivity index (χ4v) is 1.14. The van der Waals surface area contributed by atoms with Crippen LogP contribution >= 0.6 is 0 Å². The van der Waals surface area contributed by atoms with E-state index in [2.05, 4.69) is 37.9 Å². The van der Waals surface area contributed by atoms with Crippen LogP contribution in [0.1, 0.15) is 27.7 Å². The zero-order valence-electron chi connectivity index (χ0n) is 7.68. The van der Waals surface area contributed by atoms with Gasteiger partial charge < -0.3 is 0 Å². The Morgan fingerprint density at radius 1 is 1.18 bits per heavy atom. The molecule has 0 aromatic heterocycles. The molecule has 0 saturated heterocycles. The highest BCUT2D eigenvalue weighted by atomic mass is 14.8. The summed E-state index contributed by atoms with van der Waals surface area (Å²) in [5.41, 5.74) is 3.71. The first-order chi connectivity index (χ1) is 5.11. The predicted octanol–water partition coefficient (Wildman–Crippen LogP) is 2.95. The first-order valence-corrected chi connectivity index (χ1v) is 4.01. The quantitative estimate of drug-likeness (QED) is 0.502. The minimum absolute atomic E-state index is 0.503. The van der Waals surface area contributed by atoms with Gasteiger partial charge in [-0.15, -0.1) is 0 Å². The van der Waals surface area contributed by atoms with E-state index in [4.69, 9.17) is 0 Å². The van der Waals surface area contributed by atoms with Crippen LogP contribution in [0.15, 0.2) is 28.4 Å². The minimum Gasteiger partial charge on any atom is -0.262 e. The van der Waals surface area contributed by atoms with Gasteiger partial charge in [-0.2, -0.15) is 0 Å². The molecule has 0 fully saturated rings. The summed E-state index contributed by atoms with van der Waals surface area (Å²) in [6.45, 7) is 8.46. The molecule has 0 amide bonds. The molecule has 1 heteroatoms. The lowest BCUT2D eigenvalue weighted by Crippen LogP contribution is -2.06. The molecule has 1 atom stereocenters. The monoisotopic (exact) mass is 149 g/mol. The fourth-order valence-electron chi connectivity index (χ4n) is 1.14. The Kier molecular flexibility index (Phi) is 2.28. The Bertz CT molecular complexity index is 244. The van der Waals surface area contributed by atoms with Gasteiger partial charge in [0.1, 0.15) is 0 Å². The third kappa shape index (κ3) is 1.79. The minimum atomic E-state index is 0.503. The maximum atomic E-state index is 4.43. The molecule has 0 spiro atoms. The second-order valence-electron chi connectivity index (χ2n) is 3.19. The van der Waals surface area contributed by atoms with Gasteiger partial charge >= 0.3 is 0 Å². The lowest BCUT2D eigenvalue weighted by Gasteiger charge is -2.08. The van der Waals surface area contributed by atoms with Gasteiger partial charge in [0, 0.05) is 17.3 Å². The molecule has 1 aliphatic rings. The fraction of sp³-hybridized carbons (Fsp3) is 0.500. The first-order valence-electron chi connectivity index (χ1n) is 4.01. The summed E-state index contributed by atoms with van der Waals surface area (Å²) in [5, 5.41) is 0. The Morgan fingerprint density at radius 3 is 2.45 bits per heavy atom. The van der Waals surface area contributed by atoms with Gasteiger partial charge in [0.15, 0.2) is 0 Å². The van der Waals surface area contributed by atoms with E-state index in [-0.39, 0.29) is 0 Å². The molecule has 0 radical (unpaired) electrons. The van der Waals surface area contributed by atoms with Crippen molar-refractivity contribution >= 4 is 5.71 Å². The summed E-state index contributed by atoms with van der Waals surface area (Å²) >= 11 is 0. The molecule has 1 unspecified atom stereocenters. The number of hydrogen-bond acceptors (Lipinski definition) is 1. The van der Waals surface area contributed by atoms with E-state index in [1.807, 2.05) is 6.92 Å². The average molecular weight is 149 g/mol. The van der Waals surface area contributed by atoms with E-state index < -0.39 is 0 Å². The summed E-state index contributed by atoms with van der Waals surface area (Å²) in [6.07, 6.45) is 4.22. The molecule has 1 nitrogen and oxygen atoms in total. The summed E-state index contributed by atoms with van der Waals surface area (Å²) in [5.74, 6) is 0.503. The average Bonchev–Trinajstić information content (AvgIpc) is 2.05. The highest BCUT2D eigenvalue weighted by Crippen LogP contribution is 2.17. The first kappa shape index (κ1) is 8.25. The van der Waals surface area contributed by atoms with Crippen molar-refractivity contribution in [2.24, 2.45) is 10.9 Å². The molecule has 1 heterocycles. The van der Waals surface area contributed by atoms with Gasteiger partial charge in [-0.3, -0.25) is 4.99 Å². The Labute approximate surface area is 68.5 Å². The second kappa shape index (κ2) is 3.04. The van der Waals surface area contributed by atoms with Crippen molar-refractivity contribution < 1.29 is 0 Å². The van der Waals surface area contributed by atoms with E-state index in [0.717, 1.165) is 5.70 Å². The third-order valence-corrected chi connectivity index (χ3v) is 2.25. The lowest BCUT2D eigenvalue weighted by molar-refractivity contribution is 0.909. The van der Waals surface area contributed by atoms with Crippen LogP contribution in [0.5, 0.6) is 0 Å². The van der Waals surface area contributed by atoms with Crippen LogP contribution in [0.4, 0.5) is 0 Å². The smallest absolute Gasteiger partial charge is 0.0372 e. The predicted molar refractivity (Wildman–Crippen MR) is 49.8 cm³/mol. The van der Waals surface area contributed by atoms with Crippen molar-refractivity contribution in [2.75, 3.05) is 0 Å². The van der Waals surface area contributed by atoms with Crippen LogP contribution in [0, 0.1) is 5.92 Å². The normalized spacial score (nSPS) is 25.1. The second-order valence-corrected chi connectivity index (χ2v) is 3.19. The zero-order valence-corrected chi connectivity index (χ0v) is 7.68. The molecular formula is C10H15N. The third-order valence-electron chi connectivity index (χ3n) is 2.25. The molecule has 0 bridgehead atoms. The van der Waals surface area contributed by atoms with E-state index in [1.54, 1.807) is 0 Å². The number of hydrogen-bond donors (Lipinski definition) is 0. The van der Waals surface area contributed by atoms with Crippen molar-refractivity contribution in [3.05, 3.63) is 23.4 Å². The van der Waals surface area contributed by atoms with Gasteiger partial charge in [-0.1, -0.05) is 18.6 Å². The van der Waals surface area contributed by atoms with Crippen molar-refractivity contribution in [1.82, 2.24) is 0 Å². The highest BCUT2D eigenvalue weighted by Gasteiger charge is 2.09. The maximum Gasteiger partial charge on any atom is 0.0372 e. The molecule has 0 saturated carbocycles. The summed E-state index contributed by atoms with van der Waals surface area (Å²) in [7, 11) is 0. The molecular weight excluding hydrogens is 134 g/mol. The van der Waals surface area contributed by atoms with Crippen LogP contribution in [0.2, 0.25) is 0 Å². The molecule has 1 rings (SSSR count). The lowest BCUT2D eigenvalue weighted by atomic mass is 9.98. The van der Waals surface area contributed by atoms with E-state index in [9.17, 15) is 0 Å². The van der Waals surface area contributed by atoms with E-state index in [1.165, 1.54) is 11.3 Å². The summed E-state index contributed by atoms with van der Waals surface area (Å²) < 4.78 is 0. The van der Waals surface area contributed by atoms with Gasteiger partial charge in [0.05, 0.1) is 0 Å². The zero-order chi connectivity index (χ0) is 8.43. The molecule has 0 aromatic carbocycles. The molecule has 0 aromatic rings. The van der Waals surface area contributed by atoms with Crippen LogP contribution in [0.3, 0.4) is 0 Å². The van der Waals surface area contributed by atoms with E-state index in [0.29, 0.717) is 5.92 Å². The molecule has 60 valence electrons. The molecule has 1 aliphatic heterocycles. The number of aliphatic imine (C=N–C) groups is 1. The van der Waals surface area contributed by atoms with Gasteiger partial charge in [-0.25, -0.2) is 0 Å². The Morgan fingerprint density at radius 2 is 1.82 bits per heavy atom. The Hall–Kier alpha value is -0.850. The maximum absolute atomic E-state index is 4.43. The molecule has 0 N–H and O–H groups in total. The van der Waals surface area contributed by atoms with Crippen LogP contribution in [-0.4, -0.2) is 5.71 Å². The highest BCUT2D eigenvalue weighted by molar-refractivity contribution is 5.87. The van der Waals surface area contributed by atoms with Crippen molar-refractivity contribution in [1.29, 1.82) is 0 Å². The van der Waals surface area contributed by atoms with Crippen molar-refractivity contribution in [3.63, 3.8) is 0 Å². The van der Waals surface area contributed by atoms with Crippen LogP contribution in [-0.2, 0) is 0 Å². The largest absolute Gasteiger partial charge is 0.262 e. The van der Waals surface area contributed by atoms with Crippen LogP contribution in [0.25, 0.3) is 0 Å². The topological polar surface area (TPSA) is 12.4 Å². The Balaban J connectivity index is 3.02. The summed E-state index contributed by atoms with van der Waals surface area (Å²) in [4.78, 5) is 4.43.